The number of esters is 2. The van der Waals surface area contributed by atoms with Crippen molar-refractivity contribution in [2.24, 2.45) is 51.2 Å². The van der Waals surface area contributed by atoms with Crippen LogP contribution in [0.3, 0.4) is 0 Å². The van der Waals surface area contributed by atoms with Crippen LogP contribution in [-0.4, -0.2) is 53.9 Å². The van der Waals surface area contributed by atoms with Gasteiger partial charge in [-0.3, -0.25) is 14.4 Å². The highest BCUT2D eigenvalue weighted by molar-refractivity contribution is 5.86. The zero-order valence-corrected chi connectivity index (χ0v) is 23.1. The zero-order chi connectivity index (χ0) is 26.8. The molecule has 4 fully saturated rings. The van der Waals surface area contributed by atoms with Crippen LogP contribution < -0.4 is 0 Å². The number of methoxy groups -OCH3 is 1. The number of fused-ring (bicyclic) bond motifs is 5. The molecule has 0 aliphatic heterocycles. The van der Waals surface area contributed by atoms with Crippen LogP contribution in [0.5, 0.6) is 0 Å². The van der Waals surface area contributed by atoms with Gasteiger partial charge in [-0.15, -0.1) is 0 Å². The van der Waals surface area contributed by atoms with Gasteiger partial charge in [0.15, 0.2) is 0 Å². The van der Waals surface area contributed by atoms with Crippen molar-refractivity contribution >= 4 is 17.7 Å². The van der Waals surface area contributed by atoms with Crippen molar-refractivity contribution in [3.8, 4) is 0 Å². The molecule has 0 heterocycles. The number of carbonyl (C=O) groups excluding carboxylic acids is 3. The van der Waals surface area contributed by atoms with Crippen LogP contribution in [0.1, 0.15) is 86.5 Å². The van der Waals surface area contributed by atoms with Crippen LogP contribution in [-0.2, 0) is 23.9 Å². The average molecular weight is 507 g/mol. The van der Waals surface area contributed by atoms with Gasteiger partial charge in [0.1, 0.15) is 5.78 Å². The summed E-state index contributed by atoms with van der Waals surface area (Å²) in [5.74, 6) is -2.65. The van der Waals surface area contributed by atoms with Gasteiger partial charge in [0.25, 0.3) is 0 Å². The minimum Gasteiger partial charge on any atom is -0.469 e. The minimum absolute atomic E-state index is 0.0649. The fraction of sp³-hybridized carbons (Fsp3) is 0.897. The van der Waals surface area contributed by atoms with E-state index in [1.807, 2.05) is 6.92 Å². The largest absolute Gasteiger partial charge is 0.469 e. The van der Waals surface area contributed by atoms with Crippen LogP contribution >= 0.6 is 0 Å². The van der Waals surface area contributed by atoms with Crippen molar-refractivity contribution in [3.05, 3.63) is 0 Å². The highest BCUT2D eigenvalue weighted by Crippen LogP contribution is 2.73. The summed E-state index contributed by atoms with van der Waals surface area (Å²) in [5, 5.41) is 23.2. The predicted molar refractivity (Wildman–Crippen MR) is 134 cm³/mol. The molecule has 0 radical (unpaired) electrons. The lowest BCUT2D eigenvalue weighted by Crippen LogP contribution is -2.71. The molecule has 0 saturated heterocycles. The minimum atomic E-state index is -0.975. The molecule has 0 aromatic carbocycles. The van der Waals surface area contributed by atoms with Crippen LogP contribution in [0.4, 0.5) is 0 Å². The number of Topliss-reactive ketones (excluding diaryl/α,β-unsaturated/α-hetero) is 1. The Kier molecular flexibility index (Phi) is 6.95. The first-order valence-corrected chi connectivity index (χ1v) is 13.7. The summed E-state index contributed by atoms with van der Waals surface area (Å²) in [6, 6.07) is 0. The Labute approximate surface area is 215 Å². The second-order valence-corrected chi connectivity index (χ2v) is 13.6. The molecule has 10 atom stereocenters. The Morgan fingerprint density at radius 3 is 2.17 bits per heavy atom. The van der Waals surface area contributed by atoms with E-state index < -0.39 is 35.4 Å². The van der Waals surface area contributed by atoms with E-state index >= 15 is 0 Å². The Bertz CT molecular complexity index is 913. The van der Waals surface area contributed by atoms with E-state index in [-0.39, 0.29) is 39.8 Å². The van der Waals surface area contributed by atoms with E-state index in [0.29, 0.717) is 25.4 Å². The number of hydrogen-bond donors (Lipinski definition) is 2. The lowest BCUT2D eigenvalue weighted by Gasteiger charge is -2.71. The van der Waals surface area contributed by atoms with E-state index in [0.717, 1.165) is 32.1 Å². The van der Waals surface area contributed by atoms with E-state index in [1.165, 1.54) is 21.0 Å². The molecule has 4 aliphatic carbocycles. The lowest BCUT2D eigenvalue weighted by molar-refractivity contribution is -0.271. The van der Waals surface area contributed by atoms with Crippen LogP contribution in [0.25, 0.3) is 0 Å². The van der Waals surface area contributed by atoms with Gasteiger partial charge in [0.05, 0.1) is 37.8 Å². The van der Waals surface area contributed by atoms with Crippen molar-refractivity contribution in [1.82, 2.24) is 0 Å². The van der Waals surface area contributed by atoms with Crippen molar-refractivity contribution in [2.45, 2.75) is 98.7 Å². The van der Waals surface area contributed by atoms with Gasteiger partial charge in [-0.2, -0.15) is 0 Å². The van der Waals surface area contributed by atoms with Crippen molar-refractivity contribution in [2.75, 3.05) is 13.7 Å². The van der Waals surface area contributed by atoms with Crippen molar-refractivity contribution < 1.29 is 34.1 Å². The molecule has 0 spiro atoms. The third-order valence-corrected chi connectivity index (χ3v) is 11.7. The number of aliphatic hydroxyl groups excluding tert-OH is 2. The molecule has 2 N–H and O–H groups in total. The standard InChI is InChI=1S/C29H46O7/c1-16(30)23-18(32)13-20-27(5)12-9-19-26(3,4)10-8-11-29(19,15-36-17(2)31)21(27)14-22(33)28(20,6)24(23)25(34)35-7/h18-24,32-33H,8-15H2,1-7H3. The maximum absolute atomic E-state index is 13.2. The van der Waals surface area contributed by atoms with Crippen molar-refractivity contribution in [3.63, 3.8) is 0 Å². The molecular weight excluding hydrogens is 460 g/mol. The van der Waals surface area contributed by atoms with Crippen LogP contribution in [0, 0.1) is 51.2 Å². The first-order chi connectivity index (χ1) is 16.7. The molecule has 7 nitrogen and oxygen atoms in total. The van der Waals surface area contributed by atoms with E-state index in [2.05, 4.69) is 20.8 Å². The monoisotopic (exact) mass is 506 g/mol. The summed E-state index contributed by atoms with van der Waals surface area (Å²) in [6.07, 6.45) is 3.98. The summed E-state index contributed by atoms with van der Waals surface area (Å²) < 4.78 is 11.0. The molecule has 4 rings (SSSR count). The molecular formula is C29H46O7. The molecule has 10 unspecified atom stereocenters. The fourth-order valence-electron chi connectivity index (χ4n) is 10.2. The van der Waals surface area contributed by atoms with E-state index in [1.54, 1.807) is 0 Å². The molecule has 7 heteroatoms. The highest BCUT2D eigenvalue weighted by atomic mass is 16.5. The summed E-state index contributed by atoms with van der Waals surface area (Å²) in [4.78, 5) is 37.9. The first kappa shape index (κ1) is 27.6. The SMILES string of the molecule is COC(=O)C1C(C(C)=O)C(O)CC2C3(C)CCC4C(C)(C)CCCC4(COC(C)=O)C3CC(O)C12C. The highest BCUT2D eigenvalue weighted by Gasteiger charge is 2.72. The van der Waals surface area contributed by atoms with Gasteiger partial charge in [0, 0.05) is 17.8 Å². The maximum atomic E-state index is 13.2. The first-order valence-electron chi connectivity index (χ1n) is 13.7. The molecule has 0 amide bonds. The van der Waals surface area contributed by atoms with Gasteiger partial charge in [-0.25, -0.2) is 0 Å². The molecule has 0 aromatic rings. The number of ketones is 1. The van der Waals surface area contributed by atoms with Gasteiger partial charge >= 0.3 is 11.9 Å². The van der Waals surface area contributed by atoms with Gasteiger partial charge in [-0.1, -0.05) is 34.1 Å². The smallest absolute Gasteiger partial charge is 0.310 e. The van der Waals surface area contributed by atoms with Crippen LogP contribution in [0.2, 0.25) is 0 Å². The maximum Gasteiger partial charge on any atom is 0.310 e. The molecule has 4 saturated carbocycles. The Balaban J connectivity index is 1.85. The van der Waals surface area contributed by atoms with Crippen LogP contribution in [0.15, 0.2) is 0 Å². The quantitative estimate of drug-likeness (QED) is 0.556. The van der Waals surface area contributed by atoms with E-state index in [4.69, 9.17) is 9.47 Å². The lowest BCUT2D eigenvalue weighted by atomic mass is 9.33. The number of rotatable bonds is 4. The fourth-order valence-corrected chi connectivity index (χ4v) is 10.2. The Morgan fingerprint density at radius 1 is 0.917 bits per heavy atom. The number of hydrogen-bond acceptors (Lipinski definition) is 7. The summed E-state index contributed by atoms with van der Waals surface area (Å²) >= 11 is 0. The van der Waals surface area contributed by atoms with Gasteiger partial charge in [0.2, 0.25) is 0 Å². The van der Waals surface area contributed by atoms with E-state index in [9.17, 15) is 24.6 Å². The third-order valence-electron chi connectivity index (χ3n) is 11.7. The topological polar surface area (TPSA) is 110 Å². The number of ether oxygens (including phenoxy) is 2. The zero-order valence-electron chi connectivity index (χ0n) is 23.1. The number of carbonyl (C=O) groups is 3. The Hall–Kier alpha value is -1.47. The van der Waals surface area contributed by atoms with Gasteiger partial charge < -0.3 is 19.7 Å². The molecule has 0 bridgehead atoms. The average Bonchev–Trinajstić information content (AvgIpc) is 2.78. The Morgan fingerprint density at radius 2 is 1.58 bits per heavy atom. The molecule has 36 heavy (non-hydrogen) atoms. The summed E-state index contributed by atoms with van der Waals surface area (Å²) in [7, 11) is 1.31. The predicted octanol–water partition coefficient (Wildman–Crippen LogP) is 3.92. The summed E-state index contributed by atoms with van der Waals surface area (Å²) in [6.45, 7) is 12.0. The second kappa shape index (κ2) is 9.07. The number of aliphatic hydroxyl groups is 2. The van der Waals surface area contributed by atoms with Gasteiger partial charge in [-0.05, 0) is 74.0 Å². The van der Waals surface area contributed by atoms with Crippen molar-refractivity contribution in [1.29, 1.82) is 0 Å². The normalized spacial score (nSPS) is 47.5. The molecule has 204 valence electrons. The molecule has 4 aliphatic rings. The third kappa shape index (κ3) is 3.78. The molecule has 0 aromatic heterocycles. The summed E-state index contributed by atoms with van der Waals surface area (Å²) in [5.41, 5.74) is -1.39. The second-order valence-electron chi connectivity index (χ2n) is 13.6.